The van der Waals surface area contributed by atoms with Crippen molar-refractivity contribution in [3.8, 4) is 0 Å². The molecule has 1 aromatic carbocycles. The molecule has 5 nitrogen and oxygen atoms in total. The van der Waals surface area contributed by atoms with Gasteiger partial charge in [-0.25, -0.2) is 8.42 Å². The lowest BCUT2D eigenvalue weighted by Gasteiger charge is -2.25. The molecule has 1 aliphatic rings. The third kappa shape index (κ3) is 4.15. The second-order valence-corrected chi connectivity index (χ2v) is 9.11. The zero-order valence-corrected chi connectivity index (χ0v) is 15.5. The van der Waals surface area contributed by atoms with E-state index in [9.17, 15) is 31.5 Å². The van der Waals surface area contributed by atoms with Crippen LogP contribution in [-0.4, -0.2) is 36.5 Å². The highest BCUT2D eigenvalue weighted by Gasteiger charge is 2.55. The van der Waals surface area contributed by atoms with Gasteiger partial charge in [0.25, 0.3) is 5.91 Å². The minimum atomic E-state index is -5.17. The van der Waals surface area contributed by atoms with E-state index in [1.165, 1.54) is 6.07 Å². The topological polar surface area (TPSA) is 83.5 Å². The number of carbonyl (C=O) groups excluding carboxylic acids is 1. The van der Waals surface area contributed by atoms with Crippen molar-refractivity contribution >= 4 is 33.0 Å². The summed E-state index contributed by atoms with van der Waals surface area (Å²) in [7, 11) is -3.61. The maximum absolute atomic E-state index is 12.7. The van der Waals surface area contributed by atoms with Crippen molar-refractivity contribution in [1.29, 1.82) is 0 Å². The molecule has 1 amide bonds. The van der Waals surface area contributed by atoms with E-state index in [1.807, 2.05) is 5.32 Å². The predicted octanol–water partition coefficient (Wildman–Crippen LogP) is 3.70. The molecule has 0 aliphatic heterocycles. The highest BCUT2D eigenvalue weighted by atomic mass is 35.5. The largest absolute Gasteiger partial charge is 0.426 e. The quantitative estimate of drug-likeness (QED) is 0.788. The number of anilines is 1. The molecule has 146 valence electrons. The molecule has 10 heteroatoms. The Kier molecular flexibility index (Phi) is 5.94. The summed E-state index contributed by atoms with van der Waals surface area (Å²) >= 11 is 5.94. The Morgan fingerprint density at radius 3 is 2.31 bits per heavy atom. The van der Waals surface area contributed by atoms with Gasteiger partial charge in [-0.15, -0.1) is 0 Å². The molecule has 0 saturated heterocycles. The first-order valence-electron chi connectivity index (χ1n) is 8.01. The standard InChI is InChI=1S/C16H19ClF3NO4S/c1-15(23,16(18,19)20)14(22)21-13-8-7-11(9-12(13)17)26(24,25)10-5-3-2-4-6-10/h7-10,23H,2-6H2,1H3,(H,21,22)/t15-/m1/s1. The molecule has 0 unspecified atom stereocenters. The monoisotopic (exact) mass is 413 g/mol. The van der Waals surface area contributed by atoms with Crippen molar-refractivity contribution in [2.75, 3.05) is 5.32 Å². The summed E-state index contributed by atoms with van der Waals surface area (Å²) in [5.74, 6) is -1.71. The van der Waals surface area contributed by atoms with Crippen LogP contribution in [0.4, 0.5) is 18.9 Å². The molecule has 1 aliphatic carbocycles. The van der Waals surface area contributed by atoms with Gasteiger partial charge in [-0.2, -0.15) is 13.2 Å². The van der Waals surface area contributed by atoms with E-state index in [0.29, 0.717) is 19.8 Å². The summed E-state index contributed by atoms with van der Waals surface area (Å²) in [6.45, 7) is 0.318. The van der Waals surface area contributed by atoms with Gasteiger partial charge in [0.15, 0.2) is 9.84 Å². The molecule has 2 N–H and O–H groups in total. The second-order valence-electron chi connectivity index (χ2n) is 6.47. The van der Waals surface area contributed by atoms with Crippen molar-refractivity contribution in [2.45, 2.75) is 61.0 Å². The minimum Gasteiger partial charge on any atom is -0.373 e. The molecule has 1 fully saturated rings. The smallest absolute Gasteiger partial charge is 0.373 e. The van der Waals surface area contributed by atoms with Crippen LogP contribution in [0.1, 0.15) is 39.0 Å². The molecular weight excluding hydrogens is 395 g/mol. The maximum Gasteiger partial charge on any atom is 0.426 e. The number of hydrogen-bond donors (Lipinski definition) is 2. The molecule has 0 aromatic heterocycles. The summed E-state index contributed by atoms with van der Waals surface area (Å²) in [6.07, 6.45) is -1.46. The van der Waals surface area contributed by atoms with Crippen LogP contribution >= 0.6 is 11.6 Å². The first-order valence-corrected chi connectivity index (χ1v) is 9.94. The van der Waals surface area contributed by atoms with E-state index in [2.05, 4.69) is 0 Å². The number of rotatable bonds is 4. The summed E-state index contributed by atoms with van der Waals surface area (Å²) in [4.78, 5) is 11.7. The summed E-state index contributed by atoms with van der Waals surface area (Å²) in [6, 6.07) is 3.40. The predicted molar refractivity (Wildman–Crippen MR) is 90.8 cm³/mol. The van der Waals surface area contributed by atoms with E-state index >= 15 is 0 Å². The molecule has 1 aromatic rings. The summed E-state index contributed by atoms with van der Waals surface area (Å²) in [5.41, 5.74) is -3.83. The van der Waals surface area contributed by atoms with Crippen LogP contribution in [0.3, 0.4) is 0 Å². The SMILES string of the molecule is C[C@@](O)(C(=O)Nc1ccc(S(=O)(=O)C2CCCCC2)cc1Cl)C(F)(F)F. The summed E-state index contributed by atoms with van der Waals surface area (Å²) in [5, 5.41) is 10.5. The third-order valence-electron chi connectivity index (χ3n) is 4.50. The lowest BCUT2D eigenvalue weighted by molar-refractivity contribution is -0.242. The molecule has 26 heavy (non-hydrogen) atoms. The Morgan fingerprint density at radius 2 is 1.81 bits per heavy atom. The minimum absolute atomic E-state index is 0.0463. The number of carbonyl (C=O) groups is 1. The van der Waals surface area contributed by atoms with Crippen molar-refractivity contribution in [3.05, 3.63) is 23.2 Å². The van der Waals surface area contributed by atoms with E-state index in [0.717, 1.165) is 31.4 Å². The van der Waals surface area contributed by atoms with Gasteiger partial charge in [0, 0.05) is 0 Å². The number of halogens is 4. The van der Waals surface area contributed by atoms with Crippen LogP contribution in [0.25, 0.3) is 0 Å². The van der Waals surface area contributed by atoms with E-state index in [1.54, 1.807) is 0 Å². The number of hydrogen-bond acceptors (Lipinski definition) is 4. The van der Waals surface area contributed by atoms with Gasteiger partial charge in [-0.05, 0) is 38.0 Å². The van der Waals surface area contributed by atoms with Gasteiger partial charge < -0.3 is 10.4 Å². The van der Waals surface area contributed by atoms with Crippen molar-refractivity contribution in [3.63, 3.8) is 0 Å². The Morgan fingerprint density at radius 1 is 1.23 bits per heavy atom. The zero-order chi connectivity index (χ0) is 19.8. The highest BCUT2D eigenvalue weighted by molar-refractivity contribution is 7.92. The van der Waals surface area contributed by atoms with Gasteiger partial charge in [0.05, 0.1) is 20.9 Å². The Hall–Kier alpha value is -1.32. The molecule has 2 rings (SSSR count). The van der Waals surface area contributed by atoms with Crippen molar-refractivity contribution in [1.82, 2.24) is 0 Å². The molecule has 1 saturated carbocycles. The van der Waals surface area contributed by atoms with Crippen molar-refractivity contribution in [2.24, 2.45) is 0 Å². The van der Waals surface area contributed by atoms with Gasteiger partial charge in [-0.1, -0.05) is 30.9 Å². The van der Waals surface area contributed by atoms with E-state index in [-0.39, 0.29) is 15.6 Å². The van der Waals surface area contributed by atoms with Gasteiger partial charge >= 0.3 is 6.18 Å². The molecular formula is C16H19ClF3NO4S. The van der Waals surface area contributed by atoms with Gasteiger partial charge in [-0.3, -0.25) is 4.79 Å². The third-order valence-corrected chi connectivity index (χ3v) is 7.08. The van der Waals surface area contributed by atoms with Crippen LogP contribution in [0.2, 0.25) is 5.02 Å². The van der Waals surface area contributed by atoms with Crippen LogP contribution in [-0.2, 0) is 14.6 Å². The number of alkyl halides is 3. The fourth-order valence-corrected chi connectivity index (χ4v) is 4.89. The van der Waals surface area contributed by atoms with Crippen LogP contribution in [0.15, 0.2) is 23.1 Å². The fraction of sp³-hybridized carbons (Fsp3) is 0.562. The maximum atomic E-state index is 12.7. The van der Waals surface area contributed by atoms with Gasteiger partial charge in [0.1, 0.15) is 0 Å². The average molecular weight is 414 g/mol. The molecule has 0 heterocycles. The lowest BCUT2D eigenvalue weighted by atomic mass is 10.0. The lowest BCUT2D eigenvalue weighted by Crippen LogP contribution is -2.52. The second kappa shape index (κ2) is 7.36. The van der Waals surface area contributed by atoms with E-state index in [4.69, 9.17) is 11.6 Å². The molecule has 0 spiro atoms. The summed E-state index contributed by atoms with van der Waals surface area (Å²) < 4.78 is 63.3. The first kappa shape index (κ1) is 21.0. The Balaban J connectivity index is 2.23. The number of benzene rings is 1. The number of nitrogens with one attached hydrogen (secondary N) is 1. The number of sulfone groups is 1. The van der Waals surface area contributed by atoms with E-state index < -0.39 is 32.8 Å². The van der Waals surface area contributed by atoms with Crippen LogP contribution in [0.5, 0.6) is 0 Å². The fourth-order valence-electron chi connectivity index (χ4n) is 2.71. The van der Waals surface area contributed by atoms with Gasteiger partial charge in [0.2, 0.25) is 5.60 Å². The first-order chi connectivity index (χ1) is 11.9. The number of aliphatic hydroxyl groups is 1. The molecule has 0 bridgehead atoms. The number of amides is 1. The Labute approximate surface area is 154 Å². The van der Waals surface area contributed by atoms with Crippen molar-refractivity contribution < 1.29 is 31.5 Å². The molecule has 0 radical (unpaired) electrons. The Bertz CT molecular complexity index is 787. The zero-order valence-electron chi connectivity index (χ0n) is 13.9. The van der Waals surface area contributed by atoms with Crippen LogP contribution in [0, 0.1) is 0 Å². The van der Waals surface area contributed by atoms with Crippen LogP contribution < -0.4 is 5.32 Å². The molecule has 1 atom stereocenters. The normalized spacial score (nSPS) is 19.0. The highest BCUT2D eigenvalue weighted by Crippen LogP contribution is 2.34. The average Bonchev–Trinajstić information content (AvgIpc) is 2.56.